The molecule has 1 amide bonds. The van der Waals surface area contributed by atoms with Gasteiger partial charge in [-0.1, -0.05) is 23.7 Å². The molecule has 1 aromatic carbocycles. The fraction of sp³-hybridized carbons (Fsp3) is 0.231. The van der Waals surface area contributed by atoms with E-state index in [2.05, 4.69) is 4.98 Å². The molecule has 98 valence electrons. The summed E-state index contributed by atoms with van der Waals surface area (Å²) in [6, 6.07) is 7.63. The van der Waals surface area contributed by atoms with Crippen molar-refractivity contribution in [1.82, 2.24) is 4.98 Å². The minimum Gasteiger partial charge on any atom is -0.273 e. The third-order valence-corrected chi connectivity index (χ3v) is 5.21. The smallest absolute Gasteiger partial charge is 0.240 e. The minimum atomic E-state index is -0.00434. The van der Waals surface area contributed by atoms with Crippen molar-refractivity contribution in [2.45, 2.75) is 12.3 Å². The van der Waals surface area contributed by atoms with E-state index in [-0.39, 0.29) is 11.3 Å². The second-order valence-corrected chi connectivity index (χ2v) is 6.95. The number of carbonyl (C=O) groups is 1. The standard InChI is InChI=1S/C13H11ClN2OS2/c1-8-6-15-13(19-8)16-11(17)7-18-12(16)9-2-4-10(14)5-3-9/h2-6,12H,7H2,1H3. The fourth-order valence-corrected chi connectivity index (χ4v) is 4.11. The number of amides is 1. The lowest BCUT2D eigenvalue weighted by molar-refractivity contribution is -0.115. The van der Waals surface area contributed by atoms with Crippen LogP contribution >= 0.6 is 34.7 Å². The Hall–Kier alpha value is -1.04. The zero-order chi connectivity index (χ0) is 13.4. The Morgan fingerprint density at radius 3 is 2.74 bits per heavy atom. The Morgan fingerprint density at radius 1 is 1.37 bits per heavy atom. The van der Waals surface area contributed by atoms with Gasteiger partial charge < -0.3 is 0 Å². The Morgan fingerprint density at radius 2 is 2.11 bits per heavy atom. The molecule has 1 unspecified atom stereocenters. The fourth-order valence-electron chi connectivity index (χ4n) is 1.96. The molecule has 1 aromatic heterocycles. The van der Waals surface area contributed by atoms with Crippen molar-refractivity contribution in [3.05, 3.63) is 45.9 Å². The molecule has 6 heteroatoms. The van der Waals surface area contributed by atoms with Gasteiger partial charge in [0.25, 0.3) is 0 Å². The molecule has 3 nitrogen and oxygen atoms in total. The third kappa shape index (κ3) is 2.50. The number of hydrogen-bond acceptors (Lipinski definition) is 4. The van der Waals surface area contributed by atoms with Crippen LogP contribution in [0.3, 0.4) is 0 Å². The Balaban J connectivity index is 1.96. The third-order valence-electron chi connectivity index (χ3n) is 2.84. The number of aromatic nitrogens is 1. The highest BCUT2D eigenvalue weighted by Crippen LogP contribution is 2.42. The zero-order valence-corrected chi connectivity index (χ0v) is 12.6. The van der Waals surface area contributed by atoms with Crippen molar-refractivity contribution in [2.75, 3.05) is 10.7 Å². The summed E-state index contributed by atoms with van der Waals surface area (Å²) >= 11 is 9.07. The maximum absolute atomic E-state index is 12.1. The lowest BCUT2D eigenvalue weighted by Crippen LogP contribution is -2.27. The molecular weight excluding hydrogens is 300 g/mol. The summed E-state index contributed by atoms with van der Waals surface area (Å²) in [5.41, 5.74) is 1.08. The average molecular weight is 311 g/mol. The van der Waals surface area contributed by atoms with E-state index in [1.165, 1.54) is 0 Å². The van der Waals surface area contributed by atoms with Crippen LogP contribution in [0.4, 0.5) is 5.13 Å². The van der Waals surface area contributed by atoms with Gasteiger partial charge in [-0.2, -0.15) is 0 Å². The lowest BCUT2D eigenvalue weighted by Gasteiger charge is -2.21. The molecule has 3 rings (SSSR count). The van der Waals surface area contributed by atoms with Crippen molar-refractivity contribution < 1.29 is 4.79 Å². The first-order valence-electron chi connectivity index (χ1n) is 5.77. The van der Waals surface area contributed by atoms with Crippen molar-refractivity contribution in [1.29, 1.82) is 0 Å². The SMILES string of the molecule is Cc1cnc(N2C(=O)CSC2c2ccc(Cl)cc2)s1. The van der Waals surface area contributed by atoms with Crippen molar-refractivity contribution >= 4 is 45.7 Å². The van der Waals surface area contributed by atoms with E-state index in [0.29, 0.717) is 10.8 Å². The molecular formula is C13H11ClN2OS2. The molecule has 2 heterocycles. The Labute approximate surface area is 124 Å². The maximum Gasteiger partial charge on any atom is 0.240 e. The van der Waals surface area contributed by atoms with E-state index in [4.69, 9.17) is 11.6 Å². The highest BCUT2D eigenvalue weighted by Gasteiger charge is 2.35. The molecule has 19 heavy (non-hydrogen) atoms. The molecule has 0 radical (unpaired) electrons. The molecule has 2 aromatic rings. The van der Waals surface area contributed by atoms with Gasteiger partial charge in [0.1, 0.15) is 5.37 Å². The van der Waals surface area contributed by atoms with Crippen LogP contribution in [-0.2, 0) is 4.79 Å². The number of halogens is 1. The van der Waals surface area contributed by atoms with Gasteiger partial charge >= 0.3 is 0 Å². The van der Waals surface area contributed by atoms with E-state index >= 15 is 0 Å². The van der Waals surface area contributed by atoms with Crippen molar-refractivity contribution in [2.24, 2.45) is 0 Å². The number of rotatable bonds is 2. The number of thioether (sulfide) groups is 1. The van der Waals surface area contributed by atoms with Crippen LogP contribution < -0.4 is 4.90 Å². The Kier molecular flexibility index (Phi) is 3.52. The summed E-state index contributed by atoms with van der Waals surface area (Å²) in [4.78, 5) is 19.3. The normalized spacial score (nSPS) is 19.2. The number of aryl methyl sites for hydroxylation is 1. The number of anilines is 1. The van der Waals surface area contributed by atoms with Gasteiger partial charge in [0, 0.05) is 16.1 Å². The summed E-state index contributed by atoms with van der Waals surface area (Å²) in [5, 5.41) is 1.47. The lowest BCUT2D eigenvalue weighted by atomic mass is 10.2. The summed E-state index contributed by atoms with van der Waals surface area (Å²) in [6.07, 6.45) is 1.80. The van der Waals surface area contributed by atoms with E-state index in [0.717, 1.165) is 15.6 Å². The molecule has 1 fully saturated rings. The second kappa shape index (κ2) is 5.15. The van der Waals surface area contributed by atoms with Crippen LogP contribution in [0.5, 0.6) is 0 Å². The molecule has 1 atom stereocenters. The van der Waals surface area contributed by atoms with Crippen LogP contribution in [0.25, 0.3) is 0 Å². The highest BCUT2D eigenvalue weighted by atomic mass is 35.5. The van der Waals surface area contributed by atoms with Gasteiger partial charge in [-0.05, 0) is 24.6 Å². The summed E-state index contributed by atoms with van der Waals surface area (Å²) in [5.74, 6) is 0.602. The van der Waals surface area contributed by atoms with Gasteiger partial charge in [0.05, 0.1) is 5.75 Å². The molecule has 1 aliphatic rings. The first-order valence-corrected chi connectivity index (χ1v) is 8.01. The van der Waals surface area contributed by atoms with E-state index in [1.807, 2.05) is 31.2 Å². The first-order chi connectivity index (χ1) is 9.15. The molecule has 0 spiro atoms. The predicted molar refractivity (Wildman–Crippen MR) is 81.0 cm³/mol. The summed E-state index contributed by atoms with van der Waals surface area (Å²) in [6.45, 7) is 1.99. The molecule has 0 bridgehead atoms. The van der Waals surface area contributed by atoms with Gasteiger partial charge in [0.2, 0.25) is 5.91 Å². The van der Waals surface area contributed by atoms with E-state index < -0.39 is 0 Å². The predicted octanol–water partition coefficient (Wildman–Crippen LogP) is 3.88. The quantitative estimate of drug-likeness (QED) is 0.844. The van der Waals surface area contributed by atoms with Crippen LogP contribution in [0.15, 0.2) is 30.5 Å². The average Bonchev–Trinajstić information content (AvgIpc) is 2.96. The highest BCUT2D eigenvalue weighted by molar-refractivity contribution is 8.00. The van der Waals surface area contributed by atoms with E-state index in [9.17, 15) is 4.79 Å². The minimum absolute atomic E-state index is 0.00434. The van der Waals surface area contributed by atoms with Crippen molar-refractivity contribution in [3.8, 4) is 0 Å². The first kappa shape index (κ1) is 13.0. The largest absolute Gasteiger partial charge is 0.273 e. The molecule has 0 saturated carbocycles. The second-order valence-electron chi connectivity index (χ2n) is 4.23. The molecule has 1 aliphatic heterocycles. The zero-order valence-electron chi connectivity index (χ0n) is 10.2. The number of benzene rings is 1. The van der Waals surface area contributed by atoms with Gasteiger partial charge in [-0.25, -0.2) is 4.98 Å². The topological polar surface area (TPSA) is 33.2 Å². The van der Waals surface area contributed by atoms with E-state index in [1.54, 1.807) is 34.2 Å². The number of carbonyl (C=O) groups excluding carboxylic acids is 1. The monoisotopic (exact) mass is 310 g/mol. The van der Waals surface area contributed by atoms with Gasteiger partial charge in [-0.15, -0.1) is 23.1 Å². The molecule has 0 aliphatic carbocycles. The van der Waals surface area contributed by atoms with Crippen molar-refractivity contribution in [3.63, 3.8) is 0 Å². The van der Waals surface area contributed by atoms with Gasteiger partial charge in [-0.3, -0.25) is 9.69 Å². The number of hydrogen-bond donors (Lipinski definition) is 0. The molecule has 1 saturated heterocycles. The van der Waals surface area contributed by atoms with Crippen LogP contribution in [-0.4, -0.2) is 16.6 Å². The van der Waals surface area contributed by atoms with Crippen LogP contribution in [0.2, 0.25) is 5.02 Å². The number of thiazole rings is 1. The summed E-state index contributed by atoms with van der Waals surface area (Å²) in [7, 11) is 0. The van der Waals surface area contributed by atoms with Crippen LogP contribution in [0.1, 0.15) is 15.8 Å². The summed E-state index contributed by atoms with van der Waals surface area (Å²) < 4.78 is 0. The van der Waals surface area contributed by atoms with Crippen LogP contribution in [0, 0.1) is 6.92 Å². The Bertz CT molecular complexity index is 611. The number of nitrogens with zero attached hydrogens (tertiary/aromatic N) is 2. The maximum atomic E-state index is 12.1. The molecule has 0 N–H and O–H groups in total. The van der Waals surface area contributed by atoms with Gasteiger partial charge in [0.15, 0.2) is 5.13 Å².